The van der Waals surface area contributed by atoms with E-state index in [2.05, 4.69) is 5.32 Å². The molecule has 0 heterocycles. The fourth-order valence-electron chi connectivity index (χ4n) is 2.23. The Balaban J connectivity index is 1.89. The van der Waals surface area contributed by atoms with Gasteiger partial charge in [0.15, 0.2) is 18.1 Å². The molecule has 1 amide bonds. The molecule has 0 bridgehead atoms. The summed E-state index contributed by atoms with van der Waals surface area (Å²) in [6.45, 7) is -0.339. The zero-order valence-corrected chi connectivity index (χ0v) is 15.8. The van der Waals surface area contributed by atoms with Gasteiger partial charge in [-0.05, 0) is 23.8 Å². The Morgan fingerprint density at radius 3 is 2.43 bits per heavy atom. The smallest absolute Gasteiger partial charge is 0.340 e. The highest BCUT2D eigenvalue weighted by molar-refractivity contribution is 6.33. The number of esters is 1. The Morgan fingerprint density at radius 1 is 1.11 bits per heavy atom. The van der Waals surface area contributed by atoms with Gasteiger partial charge < -0.3 is 19.5 Å². The Morgan fingerprint density at radius 2 is 1.82 bits per heavy atom. The van der Waals surface area contributed by atoms with Crippen LogP contribution in [0.25, 0.3) is 0 Å². The maximum Gasteiger partial charge on any atom is 0.340 e. The summed E-state index contributed by atoms with van der Waals surface area (Å²) < 4.78 is 15.2. The van der Waals surface area contributed by atoms with Gasteiger partial charge in [-0.25, -0.2) is 4.79 Å². The first-order valence-corrected chi connectivity index (χ1v) is 8.32. The normalized spacial score (nSPS) is 10.1. The average molecular weight is 409 g/mol. The first kappa shape index (κ1) is 21.0. The van der Waals surface area contributed by atoms with Crippen LogP contribution in [0, 0.1) is 10.1 Å². The number of non-ortho nitro benzene ring substituents is 1. The lowest BCUT2D eigenvalue weighted by Gasteiger charge is -2.10. The summed E-state index contributed by atoms with van der Waals surface area (Å²) in [6, 6.07) is 8.50. The monoisotopic (exact) mass is 408 g/mol. The minimum Gasteiger partial charge on any atom is -0.493 e. The van der Waals surface area contributed by atoms with E-state index < -0.39 is 23.4 Å². The van der Waals surface area contributed by atoms with Gasteiger partial charge in [0, 0.05) is 18.7 Å². The van der Waals surface area contributed by atoms with Crippen molar-refractivity contribution in [2.45, 2.75) is 6.54 Å². The van der Waals surface area contributed by atoms with Crippen LogP contribution >= 0.6 is 11.6 Å². The predicted octanol–water partition coefficient (Wildman–Crippen LogP) is 2.74. The number of nitrogens with one attached hydrogen (secondary N) is 1. The van der Waals surface area contributed by atoms with Crippen molar-refractivity contribution in [3.8, 4) is 11.5 Å². The van der Waals surface area contributed by atoms with Crippen molar-refractivity contribution in [2.24, 2.45) is 0 Å². The summed E-state index contributed by atoms with van der Waals surface area (Å²) in [5.74, 6) is -0.303. The van der Waals surface area contributed by atoms with Crippen LogP contribution in [-0.4, -0.2) is 37.6 Å². The number of halogens is 1. The van der Waals surface area contributed by atoms with Gasteiger partial charge in [0.25, 0.3) is 11.6 Å². The maximum atomic E-state index is 12.0. The summed E-state index contributed by atoms with van der Waals surface area (Å²) in [5, 5.41) is 13.1. The number of ether oxygens (including phenoxy) is 3. The fraction of sp³-hybridized carbons (Fsp3) is 0.222. The summed E-state index contributed by atoms with van der Waals surface area (Å²) in [5.41, 5.74) is 0.435. The molecule has 0 aliphatic carbocycles. The van der Waals surface area contributed by atoms with Crippen molar-refractivity contribution in [1.29, 1.82) is 0 Å². The molecule has 2 rings (SSSR count). The third-order valence-corrected chi connectivity index (χ3v) is 3.97. The highest BCUT2D eigenvalue weighted by atomic mass is 35.5. The Kier molecular flexibility index (Phi) is 7.16. The second-order valence-corrected chi connectivity index (χ2v) is 5.87. The number of amides is 1. The SMILES string of the molecule is COc1ccc(CNC(=O)COC(=O)c2ccc([N+](=O)[O-])cc2Cl)cc1OC. The molecule has 0 atom stereocenters. The summed E-state index contributed by atoms with van der Waals surface area (Å²) in [7, 11) is 3.02. The second kappa shape index (κ2) is 9.56. The third-order valence-electron chi connectivity index (χ3n) is 3.66. The Labute approximate surface area is 165 Å². The third kappa shape index (κ3) is 5.34. The van der Waals surface area contributed by atoms with Gasteiger partial charge in [-0.15, -0.1) is 0 Å². The van der Waals surface area contributed by atoms with E-state index in [-0.39, 0.29) is 22.8 Å². The molecule has 2 aromatic carbocycles. The number of benzene rings is 2. The lowest BCUT2D eigenvalue weighted by molar-refractivity contribution is -0.384. The molecule has 0 fully saturated rings. The molecule has 0 aliphatic rings. The van der Waals surface area contributed by atoms with Crippen molar-refractivity contribution >= 4 is 29.2 Å². The molecule has 0 unspecified atom stereocenters. The standard InChI is InChI=1S/C18H17ClN2O7/c1-26-15-6-3-11(7-16(15)27-2)9-20-17(22)10-28-18(23)13-5-4-12(21(24)25)8-14(13)19/h3-8H,9-10H2,1-2H3,(H,20,22). The van der Waals surface area contributed by atoms with Crippen LogP contribution in [0.5, 0.6) is 11.5 Å². The molecule has 0 aromatic heterocycles. The van der Waals surface area contributed by atoms with E-state index in [9.17, 15) is 19.7 Å². The van der Waals surface area contributed by atoms with Crippen molar-refractivity contribution in [3.05, 3.63) is 62.7 Å². The molecule has 9 nitrogen and oxygen atoms in total. The second-order valence-electron chi connectivity index (χ2n) is 5.46. The van der Waals surface area contributed by atoms with Gasteiger partial charge in [-0.3, -0.25) is 14.9 Å². The van der Waals surface area contributed by atoms with Gasteiger partial charge in [0.2, 0.25) is 0 Å². The van der Waals surface area contributed by atoms with E-state index in [1.165, 1.54) is 20.3 Å². The van der Waals surface area contributed by atoms with Gasteiger partial charge in [0.05, 0.1) is 29.7 Å². The quantitative estimate of drug-likeness (QED) is 0.405. The number of nitrogens with zero attached hydrogens (tertiary/aromatic N) is 1. The Hall–Kier alpha value is -3.33. The highest BCUT2D eigenvalue weighted by Gasteiger charge is 2.17. The number of carbonyl (C=O) groups is 2. The van der Waals surface area contributed by atoms with E-state index in [1.807, 2.05) is 0 Å². The number of nitro benzene ring substituents is 1. The number of methoxy groups -OCH3 is 2. The van der Waals surface area contributed by atoms with E-state index in [0.29, 0.717) is 11.5 Å². The zero-order chi connectivity index (χ0) is 20.7. The highest BCUT2D eigenvalue weighted by Crippen LogP contribution is 2.27. The van der Waals surface area contributed by atoms with E-state index in [4.69, 9.17) is 25.8 Å². The molecule has 0 radical (unpaired) electrons. The molecule has 0 saturated carbocycles. The van der Waals surface area contributed by atoms with Gasteiger partial charge in [-0.1, -0.05) is 17.7 Å². The molecule has 0 saturated heterocycles. The lowest BCUT2D eigenvalue weighted by atomic mass is 10.2. The lowest BCUT2D eigenvalue weighted by Crippen LogP contribution is -2.28. The maximum absolute atomic E-state index is 12.0. The molecular formula is C18H17ClN2O7. The van der Waals surface area contributed by atoms with Crippen molar-refractivity contribution in [2.75, 3.05) is 20.8 Å². The minimum atomic E-state index is -0.860. The van der Waals surface area contributed by atoms with Crippen LogP contribution in [-0.2, 0) is 16.1 Å². The topological polar surface area (TPSA) is 117 Å². The van der Waals surface area contributed by atoms with Crippen LogP contribution in [0.2, 0.25) is 5.02 Å². The van der Waals surface area contributed by atoms with E-state index in [0.717, 1.165) is 17.7 Å². The van der Waals surface area contributed by atoms with Crippen LogP contribution in [0.3, 0.4) is 0 Å². The Bertz CT molecular complexity index is 901. The van der Waals surface area contributed by atoms with E-state index in [1.54, 1.807) is 18.2 Å². The van der Waals surface area contributed by atoms with Crippen molar-refractivity contribution in [3.63, 3.8) is 0 Å². The summed E-state index contributed by atoms with van der Waals surface area (Å²) in [4.78, 5) is 33.9. The number of carbonyl (C=O) groups excluding carboxylic acids is 2. The molecule has 28 heavy (non-hydrogen) atoms. The van der Waals surface area contributed by atoms with Gasteiger partial charge in [0.1, 0.15) is 0 Å². The van der Waals surface area contributed by atoms with Crippen LogP contribution < -0.4 is 14.8 Å². The van der Waals surface area contributed by atoms with Crippen molar-refractivity contribution < 1.29 is 28.7 Å². The number of hydrogen-bond acceptors (Lipinski definition) is 7. The molecular weight excluding hydrogens is 392 g/mol. The van der Waals surface area contributed by atoms with Crippen LogP contribution in [0.1, 0.15) is 15.9 Å². The fourth-order valence-corrected chi connectivity index (χ4v) is 2.49. The zero-order valence-electron chi connectivity index (χ0n) is 15.1. The largest absolute Gasteiger partial charge is 0.493 e. The van der Waals surface area contributed by atoms with Crippen LogP contribution in [0.4, 0.5) is 5.69 Å². The summed E-state index contributed by atoms with van der Waals surface area (Å²) >= 11 is 5.85. The molecule has 148 valence electrons. The molecule has 2 aromatic rings. The van der Waals surface area contributed by atoms with Crippen molar-refractivity contribution in [1.82, 2.24) is 5.32 Å². The molecule has 10 heteroatoms. The van der Waals surface area contributed by atoms with Gasteiger partial charge in [-0.2, -0.15) is 0 Å². The van der Waals surface area contributed by atoms with E-state index >= 15 is 0 Å². The average Bonchev–Trinajstić information content (AvgIpc) is 2.69. The predicted molar refractivity (Wildman–Crippen MR) is 99.8 cm³/mol. The first-order valence-electron chi connectivity index (χ1n) is 7.94. The van der Waals surface area contributed by atoms with Crippen LogP contribution in [0.15, 0.2) is 36.4 Å². The summed E-state index contributed by atoms with van der Waals surface area (Å²) in [6.07, 6.45) is 0. The molecule has 0 aliphatic heterocycles. The minimum absolute atomic E-state index is 0.0695. The number of hydrogen-bond donors (Lipinski definition) is 1. The molecule has 0 spiro atoms. The van der Waals surface area contributed by atoms with Gasteiger partial charge >= 0.3 is 5.97 Å². The molecule has 1 N–H and O–H groups in total. The number of rotatable bonds is 8. The number of nitro groups is 1. The first-order chi connectivity index (χ1) is 13.3.